The number of hydrogen-bond acceptors (Lipinski definition) is 5. The number of aromatic amines is 1. The summed E-state index contributed by atoms with van der Waals surface area (Å²) in [5.41, 5.74) is 4.72. The molecular formula is C29H25N3O5. The van der Waals surface area contributed by atoms with Gasteiger partial charge in [0.1, 0.15) is 18.4 Å². The number of piperazine rings is 1. The predicted molar refractivity (Wildman–Crippen MR) is 135 cm³/mol. The molecule has 1 N–H and O–H groups in total. The van der Waals surface area contributed by atoms with E-state index in [1.165, 1.54) is 4.90 Å². The van der Waals surface area contributed by atoms with Crippen molar-refractivity contribution in [2.24, 2.45) is 0 Å². The van der Waals surface area contributed by atoms with Gasteiger partial charge in [0.2, 0.25) is 18.6 Å². The first-order valence-electron chi connectivity index (χ1n) is 12.3. The van der Waals surface area contributed by atoms with E-state index in [4.69, 9.17) is 14.2 Å². The van der Waals surface area contributed by atoms with Gasteiger partial charge >= 0.3 is 0 Å². The summed E-state index contributed by atoms with van der Waals surface area (Å²) < 4.78 is 17.4. The summed E-state index contributed by atoms with van der Waals surface area (Å²) in [5, 5.41) is 0.999. The monoisotopic (exact) mass is 495 g/mol. The minimum Gasteiger partial charge on any atom is -0.487 e. The van der Waals surface area contributed by atoms with E-state index in [2.05, 4.69) is 4.98 Å². The number of para-hydroxylation sites is 1. The molecule has 2 amide bonds. The normalized spacial score (nSPS) is 20.2. The van der Waals surface area contributed by atoms with Gasteiger partial charge < -0.3 is 29.0 Å². The first kappa shape index (κ1) is 21.8. The Morgan fingerprint density at radius 1 is 1.00 bits per heavy atom. The van der Waals surface area contributed by atoms with Crippen LogP contribution >= 0.6 is 0 Å². The summed E-state index contributed by atoms with van der Waals surface area (Å²) in [6.45, 7) is 0.654. The number of nitrogens with one attached hydrogen (secondary N) is 1. The van der Waals surface area contributed by atoms with Crippen molar-refractivity contribution < 1.29 is 23.8 Å². The third kappa shape index (κ3) is 3.43. The third-order valence-electron chi connectivity index (χ3n) is 7.49. The fourth-order valence-electron chi connectivity index (χ4n) is 5.74. The van der Waals surface area contributed by atoms with Crippen LogP contribution in [0.15, 0.2) is 66.7 Å². The highest BCUT2D eigenvalue weighted by Crippen LogP contribution is 2.46. The number of carbonyl (C=O) groups excluding carboxylic acids is 2. The molecule has 37 heavy (non-hydrogen) atoms. The number of nitrogens with zero attached hydrogens (tertiary/aromatic N) is 2. The first-order chi connectivity index (χ1) is 18.1. The second-order valence-electron chi connectivity index (χ2n) is 9.70. The third-order valence-corrected chi connectivity index (χ3v) is 7.49. The van der Waals surface area contributed by atoms with Gasteiger partial charge in [0.25, 0.3) is 0 Å². The summed E-state index contributed by atoms with van der Waals surface area (Å²) in [5.74, 6) is 1.90. The number of amides is 2. The molecule has 3 aromatic carbocycles. The standard InChI is InChI=1S/C29H25N3O5/c1-31-14-25(33)32-21(29(31)34)13-20-19-8-5-9-23(35-15-17-6-3-2-4-7-17)26(19)30-27(20)28(32)18-10-11-22-24(12-18)37-16-36-22/h2-12,21,28,30H,13-16H2,1H3/t21-,28-/m1/s1. The van der Waals surface area contributed by atoms with Crippen LogP contribution in [-0.2, 0) is 22.6 Å². The summed E-state index contributed by atoms with van der Waals surface area (Å²) in [6, 6.07) is 20.6. The van der Waals surface area contributed by atoms with Crippen LogP contribution in [-0.4, -0.2) is 53.0 Å². The molecule has 2 atom stereocenters. The molecule has 3 aliphatic heterocycles. The highest BCUT2D eigenvalue weighted by atomic mass is 16.7. The molecule has 0 saturated carbocycles. The smallest absolute Gasteiger partial charge is 0.245 e. The summed E-state index contributed by atoms with van der Waals surface area (Å²) in [6.07, 6.45) is 0.438. The molecule has 1 saturated heterocycles. The van der Waals surface area contributed by atoms with Crippen LogP contribution in [0, 0.1) is 0 Å². The lowest BCUT2D eigenvalue weighted by Gasteiger charge is -2.46. The average molecular weight is 496 g/mol. The molecule has 1 fully saturated rings. The number of benzene rings is 3. The van der Waals surface area contributed by atoms with Crippen molar-refractivity contribution in [1.29, 1.82) is 0 Å². The van der Waals surface area contributed by atoms with Gasteiger partial charge in [-0.05, 0) is 34.9 Å². The zero-order chi connectivity index (χ0) is 25.1. The van der Waals surface area contributed by atoms with Gasteiger partial charge in [0, 0.05) is 24.5 Å². The molecule has 4 heterocycles. The lowest BCUT2D eigenvalue weighted by Crippen LogP contribution is -2.62. The molecule has 8 heteroatoms. The van der Waals surface area contributed by atoms with E-state index in [0.29, 0.717) is 24.5 Å². The molecule has 4 aromatic rings. The number of likely N-dealkylation sites (N-methyl/N-ethyl adjacent to an activating group) is 1. The molecule has 0 unspecified atom stereocenters. The Hall–Kier alpha value is -4.46. The zero-order valence-corrected chi connectivity index (χ0v) is 20.3. The van der Waals surface area contributed by atoms with Gasteiger partial charge in [-0.3, -0.25) is 9.59 Å². The highest BCUT2D eigenvalue weighted by Gasteiger charge is 2.47. The van der Waals surface area contributed by atoms with E-state index in [9.17, 15) is 9.59 Å². The number of hydrogen-bond donors (Lipinski definition) is 1. The van der Waals surface area contributed by atoms with Crippen LogP contribution in [0.5, 0.6) is 17.2 Å². The number of rotatable bonds is 4. The summed E-state index contributed by atoms with van der Waals surface area (Å²) >= 11 is 0. The Kier molecular flexibility index (Phi) is 4.89. The van der Waals surface area contributed by atoms with E-state index < -0.39 is 12.1 Å². The maximum atomic E-state index is 13.4. The number of fused-ring (bicyclic) bond motifs is 5. The van der Waals surface area contributed by atoms with Crippen LogP contribution in [0.2, 0.25) is 0 Å². The van der Waals surface area contributed by atoms with Gasteiger partial charge in [-0.25, -0.2) is 0 Å². The Bertz CT molecular complexity index is 1550. The number of H-pyrrole nitrogens is 1. The molecule has 3 aliphatic rings. The Labute approximate surface area is 213 Å². The quantitative estimate of drug-likeness (QED) is 0.466. The number of ether oxygens (including phenoxy) is 3. The van der Waals surface area contributed by atoms with Crippen LogP contribution in [0.3, 0.4) is 0 Å². The maximum absolute atomic E-state index is 13.4. The minimum atomic E-state index is -0.581. The van der Waals surface area contributed by atoms with Gasteiger partial charge in [-0.1, -0.05) is 48.5 Å². The molecule has 1 aromatic heterocycles. The van der Waals surface area contributed by atoms with Gasteiger partial charge in [-0.2, -0.15) is 0 Å². The van der Waals surface area contributed by atoms with Gasteiger partial charge in [0.05, 0.1) is 18.1 Å². The van der Waals surface area contributed by atoms with Crippen LogP contribution in [0.1, 0.15) is 28.4 Å². The molecule has 0 aliphatic carbocycles. The van der Waals surface area contributed by atoms with E-state index in [1.54, 1.807) is 11.9 Å². The topological polar surface area (TPSA) is 84.1 Å². The Morgan fingerprint density at radius 2 is 1.84 bits per heavy atom. The lowest BCUT2D eigenvalue weighted by molar-refractivity contribution is -0.157. The van der Waals surface area contributed by atoms with Crippen molar-refractivity contribution in [3.63, 3.8) is 0 Å². The maximum Gasteiger partial charge on any atom is 0.245 e. The molecule has 8 nitrogen and oxygen atoms in total. The largest absolute Gasteiger partial charge is 0.487 e. The molecule has 0 spiro atoms. The summed E-state index contributed by atoms with van der Waals surface area (Å²) in [4.78, 5) is 33.6. The molecule has 0 radical (unpaired) electrons. The Morgan fingerprint density at radius 3 is 2.70 bits per heavy atom. The van der Waals surface area contributed by atoms with Crippen molar-refractivity contribution in [3.05, 3.63) is 89.1 Å². The molecule has 7 rings (SSSR count). The van der Waals surface area contributed by atoms with Gasteiger partial charge in [-0.15, -0.1) is 0 Å². The van der Waals surface area contributed by atoms with Crippen molar-refractivity contribution in [1.82, 2.24) is 14.8 Å². The zero-order valence-electron chi connectivity index (χ0n) is 20.3. The average Bonchev–Trinajstić information content (AvgIpc) is 3.54. The van der Waals surface area contributed by atoms with E-state index in [1.807, 2.05) is 66.7 Å². The summed E-state index contributed by atoms with van der Waals surface area (Å²) in [7, 11) is 1.69. The van der Waals surface area contributed by atoms with Crippen LogP contribution < -0.4 is 14.2 Å². The van der Waals surface area contributed by atoms with Crippen LogP contribution in [0.25, 0.3) is 10.9 Å². The van der Waals surface area contributed by atoms with Crippen LogP contribution in [0.4, 0.5) is 0 Å². The van der Waals surface area contributed by atoms with E-state index in [0.717, 1.165) is 39.0 Å². The highest BCUT2D eigenvalue weighted by molar-refractivity contribution is 5.98. The van der Waals surface area contributed by atoms with Gasteiger partial charge in [0.15, 0.2) is 11.5 Å². The second-order valence-corrected chi connectivity index (χ2v) is 9.70. The lowest BCUT2D eigenvalue weighted by atomic mass is 9.86. The molecule has 0 bridgehead atoms. The Balaban J connectivity index is 1.37. The van der Waals surface area contributed by atoms with Crippen molar-refractivity contribution >= 4 is 22.7 Å². The predicted octanol–water partition coefficient (Wildman–Crippen LogP) is 3.79. The van der Waals surface area contributed by atoms with Crippen molar-refractivity contribution in [2.45, 2.75) is 25.1 Å². The van der Waals surface area contributed by atoms with Crippen molar-refractivity contribution in [2.75, 3.05) is 20.4 Å². The number of aromatic nitrogens is 1. The molecular weight excluding hydrogens is 470 g/mol. The number of carbonyl (C=O) groups is 2. The van der Waals surface area contributed by atoms with Crippen molar-refractivity contribution in [3.8, 4) is 17.2 Å². The SMILES string of the molecule is CN1CC(=O)N2[C@H](c3ccc4c(c3)OCO4)c3[nH]c4c(OCc5ccccc5)cccc4c3C[C@@H]2C1=O. The minimum absolute atomic E-state index is 0.0530. The van der Waals surface area contributed by atoms with E-state index in [-0.39, 0.29) is 25.2 Å². The first-order valence-corrected chi connectivity index (χ1v) is 12.3. The molecule has 186 valence electrons. The second kappa shape index (κ2) is 8.30. The fourth-order valence-corrected chi connectivity index (χ4v) is 5.74. The fraction of sp³-hybridized carbons (Fsp3) is 0.241. The van der Waals surface area contributed by atoms with E-state index >= 15 is 0 Å².